The fourth-order valence-corrected chi connectivity index (χ4v) is 21.9. The van der Waals surface area contributed by atoms with Gasteiger partial charge in [-0.05, 0) is 242 Å². The molecule has 1 atom stereocenters. The van der Waals surface area contributed by atoms with Gasteiger partial charge in [0.25, 0.3) is 0 Å². The second-order valence-corrected chi connectivity index (χ2v) is 34.3. The zero-order valence-electron chi connectivity index (χ0n) is 66.6. The van der Waals surface area contributed by atoms with Crippen LogP contribution in [-0.4, -0.2) is 13.7 Å². The summed E-state index contributed by atoms with van der Waals surface area (Å²) in [5, 5.41) is 10.0. The van der Waals surface area contributed by atoms with Gasteiger partial charge in [-0.15, -0.1) is 11.3 Å². The van der Waals surface area contributed by atoms with E-state index < -0.39 is 5.41 Å². The number of hydrogen-bond donors (Lipinski definition) is 0. The Balaban J connectivity index is 0.628. The van der Waals surface area contributed by atoms with Crippen molar-refractivity contribution < 1.29 is 0 Å². The third-order valence-corrected chi connectivity index (χ3v) is 27.5. The van der Waals surface area contributed by atoms with Crippen LogP contribution in [0.2, 0.25) is 0 Å². The minimum Gasteiger partial charge on any atom is -0.310 e. The number of nitrogens with zero attached hydrogens (tertiary/aromatic N) is 5. The molecule has 0 radical (unpaired) electrons. The van der Waals surface area contributed by atoms with Crippen molar-refractivity contribution in [2.45, 2.75) is 38.0 Å². The summed E-state index contributed by atoms with van der Waals surface area (Å²) in [6, 6.07) is 154. The number of para-hydroxylation sites is 6. The van der Waals surface area contributed by atoms with Crippen LogP contribution in [0.25, 0.3) is 158 Å². The van der Waals surface area contributed by atoms with Gasteiger partial charge in [0.2, 0.25) is 0 Å². The summed E-state index contributed by atoms with van der Waals surface area (Å²) in [7, 11) is 0. The summed E-state index contributed by atoms with van der Waals surface area (Å²) < 4.78 is 9.99. The van der Waals surface area contributed by atoms with Gasteiger partial charge in [0, 0.05) is 115 Å². The molecule has 0 N–H and O–H groups in total. The summed E-state index contributed by atoms with van der Waals surface area (Å²) in [5.74, 6) is 0. The molecule has 0 amide bonds. The van der Waals surface area contributed by atoms with Gasteiger partial charge < -0.3 is 23.5 Å². The smallest absolute Gasteiger partial charge is 0.0561 e. The van der Waals surface area contributed by atoms with Crippen LogP contribution in [0.15, 0.2) is 413 Å². The van der Waals surface area contributed by atoms with Gasteiger partial charge in [0.05, 0.1) is 33.1 Å². The van der Waals surface area contributed by atoms with Gasteiger partial charge in [-0.3, -0.25) is 0 Å². The minimum atomic E-state index is -0.524. The van der Waals surface area contributed by atoms with E-state index >= 15 is 0 Å². The summed E-state index contributed by atoms with van der Waals surface area (Å²) in [6.45, 7) is 7.34. The molecule has 0 spiro atoms. The Morgan fingerprint density at radius 1 is 0.242 bits per heavy atom. The third-order valence-electron chi connectivity index (χ3n) is 26.3. The van der Waals surface area contributed by atoms with Gasteiger partial charge >= 0.3 is 0 Å². The number of aromatic nitrogens is 3. The van der Waals surface area contributed by atoms with Crippen LogP contribution in [0.1, 0.15) is 48.6 Å². The van der Waals surface area contributed by atoms with Crippen molar-refractivity contribution >= 4 is 131 Å². The van der Waals surface area contributed by atoms with Gasteiger partial charge in [0.15, 0.2) is 0 Å². The van der Waals surface area contributed by atoms with E-state index in [1.165, 1.54) is 164 Å². The van der Waals surface area contributed by atoms with Gasteiger partial charge in [0.1, 0.15) is 0 Å². The molecule has 0 fully saturated rings. The van der Waals surface area contributed by atoms with Crippen LogP contribution in [0.3, 0.4) is 0 Å². The molecule has 4 heterocycles. The average molecular weight is 1550 g/mol. The summed E-state index contributed by atoms with van der Waals surface area (Å²) >= 11 is 1.86. The molecule has 0 aliphatic heterocycles. The fourth-order valence-electron chi connectivity index (χ4n) is 20.8. The van der Waals surface area contributed by atoms with Gasteiger partial charge in [-0.2, -0.15) is 0 Å². The molecular formula is C114H79N5S. The number of rotatable bonds is 14. The zero-order chi connectivity index (χ0) is 79.5. The number of fused-ring (bicyclic) bond motifs is 18. The highest BCUT2D eigenvalue weighted by Gasteiger charge is 2.43. The molecule has 120 heavy (non-hydrogen) atoms. The molecule has 4 aromatic heterocycles. The molecule has 24 rings (SSSR count). The molecule has 1 unspecified atom stereocenters. The quantitative estimate of drug-likeness (QED) is 0.108. The largest absolute Gasteiger partial charge is 0.310 e. The lowest BCUT2D eigenvalue weighted by Crippen LogP contribution is -2.24. The predicted octanol–water partition coefficient (Wildman–Crippen LogP) is 31.1. The monoisotopic (exact) mass is 1550 g/mol. The Morgan fingerprint density at radius 2 is 0.642 bits per heavy atom. The highest BCUT2D eigenvalue weighted by Crippen LogP contribution is 2.58. The van der Waals surface area contributed by atoms with Crippen molar-refractivity contribution in [1.29, 1.82) is 0 Å². The second kappa shape index (κ2) is 27.1. The van der Waals surface area contributed by atoms with E-state index in [2.05, 4.69) is 457 Å². The molecule has 6 heteroatoms. The van der Waals surface area contributed by atoms with Crippen molar-refractivity contribution in [3.05, 3.63) is 440 Å². The Bertz CT molecular complexity index is 7850. The Kier molecular flexibility index (Phi) is 15.7. The lowest BCUT2D eigenvalue weighted by atomic mass is 9.74. The van der Waals surface area contributed by atoms with Crippen molar-refractivity contribution in [2.24, 2.45) is 0 Å². The number of anilines is 6. The van der Waals surface area contributed by atoms with Crippen LogP contribution in [0.5, 0.6) is 0 Å². The fraction of sp³-hybridized carbons (Fsp3) is 0.0526. The maximum atomic E-state index is 2.54. The van der Waals surface area contributed by atoms with Crippen molar-refractivity contribution in [3.8, 4) is 72.7 Å². The Labute approximate surface area is 700 Å². The third kappa shape index (κ3) is 10.7. The van der Waals surface area contributed by atoms with E-state index in [0.29, 0.717) is 0 Å². The normalized spacial score (nSPS) is 13.9. The molecular weight excluding hydrogens is 1470 g/mol. The first-order chi connectivity index (χ1) is 59.1. The summed E-state index contributed by atoms with van der Waals surface area (Å²) in [5.41, 5.74) is 35.3. The lowest BCUT2D eigenvalue weighted by molar-refractivity contribution is 0.585. The molecule has 18 aromatic carbocycles. The molecule has 2 aliphatic carbocycles. The van der Waals surface area contributed by atoms with E-state index in [0.717, 1.165) is 63.1 Å². The first kappa shape index (κ1) is 69.5. The maximum absolute atomic E-state index is 2.54. The molecule has 0 saturated heterocycles. The Morgan fingerprint density at radius 3 is 1.23 bits per heavy atom. The van der Waals surface area contributed by atoms with Crippen molar-refractivity contribution in [2.75, 3.05) is 9.80 Å². The van der Waals surface area contributed by atoms with Crippen LogP contribution < -0.4 is 9.80 Å². The van der Waals surface area contributed by atoms with Gasteiger partial charge in [-0.25, -0.2) is 0 Å². The van der Waals surface area contributed by atoms with E-state index in [-0.39, 0.29) is 5.41 Å². The molecule has 0 bridgehead atoms. The van der Waals surface area contributed by atoms with Crippen LogP contribution >= 0.6 is 11.3 Å². The molecule has 2 aliphatic rings. The zero-order valence-corrected chi connectivity index (χ0v) is 67.4. The van der Waals surface area contributed by atoms with E-state index in [9.17, 15) is 0 Å². The number of benzene rings is 18. The predicted molar refractivity (Wildman–Crippen MR) is 508 cm³/mol. The molecule has 5 nitrogen and oxygen atoms in total. The first-order valence-electron chi connectivity index (χ1n) is 41.7. The standard InChI is InChI=1S/C114H79N5S/c1-113(2)98-40-24-38-87(111(98)94-65-61-84(69-100(94)113)115(78-29-9-5-10-30-78)83-63-67-109-97(68-83)93-36-17-22-47-108(93)120-109)75-52-58-81(59-53-75)118-105-45-21-16-37-96(105)110-77(28-23-46-106(110)118)72-114(3)99-41-25-39-88(76-50-56-80(57-51-76)117-102-42-18-13-33-89(102)90-34-14-19-43-103(90)117)112(99)95-66-62-85(70-101(95)114)116(79-31-11-6-12-32-79)86-60-64-92-91-35-15-20-44-104(91)119(107(92)71-86)82-54-48-74(49-55-82)73-26-7-4-8-27-73/h4-71H,72H2,1-3H3. The highest BCUT2D eigenvalue weighted by atomic mass is 32.1. The van der Waals surface area contributed by atoms with E-state index in [1.807, 2.05) is 11.3 Å². The lowest BCUT2D eigenvalue weighted by Gasteiger charge is -2.31. The molecule has 0 saturated carbocycles. The van der Waals surface area contributed by atoms with Crippen molar-refractivity contribution in [1.82, 2.24) is 13.7 Å². The minimum absolute atomic E-state index is 0.264. The van der Waals surface area contributed by atoms with E-state index in [4.69, 9.17) is 0 Å². The van der Waals surface area contributed by atoms with Crippen LogP contribution in [0.4, 0.5) is 34.1 Å². The first-order valence-corrected chi connectivity index (χ1v) is 42.6. The molecule has 566 valence electrons. The molecule has 22 aromatic rings. The highest BCUT2D eigenvalue weighted by molar-refractivity contribution is 7.25. The number of thiophene rings is 1. The Hall–Kier alpha value is -14.8. The summed E-state index contributed by atoms with van der Waals surface area (Å²) in [6.07, 6.45) is 0.738. The second-order valence-electron chi connectivity index (χ2n) is 33.3. The average Bonchev–Trinajstić information content (AvgIpc) is 1.54. The topological polar surface area (TPSA) is 21.3 Å². The van der Waals surface area contributed by atoms with Crippen molar-refractivity contribution in [3.63, 3.8) is 0 Å². The SMILES string of the molecule is CC1(C)c2cc(N(c3ccccc3)c3ccc4sc5ccccc5c4c3)ccc2-c2c(-c3ccc(-n4c5ccccc5c5c(CC6(C)c7cc(N(c8ccccc8)c8ccc9c%10ccccc%10n(-c%10ccc(-c%11ccccc%11)cc%10)c9c8)ccc7-c7c(-c8ccc(-n9c%10ccccc%10c%10ccccc%109)cc8)cccc76)cccc54)cc3)cccc21. The van der Waals surface area contributed by atoms with Gasteiger partial charge in [-0.1, -0.05) is 282 Å². The summed E-state index contributed by atoms with van der Waals surface area (Å²) in [4.78, 5) is 4.91. The number of hydrogen-bond acceptors (Lipinski definition) is 3. The van der Waals surface area contributed by atoms with Crippen LogP contribution in [-0.2, 0) is 17.3 Å². The van der Waals surface area contributed by atoms with E-state index in [1.54, 1.807) is 0 Å². The maximum Gasteiger partial charge on any atom is 0.0561 e. The van der Waals surface area contributed by atoms with Crippen LogP contribution in [0, 0.1) is 0 Å².